The quantitative estimate of drug-likeness (QED) is 0.775. The molecule has 0 aliphatic rings. The number of ether oxygens (including phenoxy) is 2. The molecule has 0 spiro atoms. The number of carbonyl (C=O) groups excluding carboxylic acids is 2. The van der Waals surface area contributed by atoms with Crippen LogP contribution in [0.1, 0.15) is 18.1 Å². The zero-order chi connectivity index (χ0) is 17.5. The number of hydrogen-bond donors (Lipinski definition) is 1. The molecule has 8 heteroatoms. The van der Waals surface area contributed by atoms with Crippen molar-refractivity contribution >= 4 is 11.9 Å². The fourth-order valence-electron chi connectivity index (χ4n) is 1.83. The average Bonchev–Trinajstić information content (AvgIpc) is 2.51. The average molecular weight is 333 g/mol. The predicted octanol–water partition coefficient (Wildman–Crippen LogP) is 1.94. The van der Waals surface area contributed by atoms with E-state index in [2.05, 4.69) is 10.1 Å². The molecule has 5 nitrogen and oxygen atoms in total. The number of halogens is 3. The van der Waals surface area contributed by atoms with Crippen LogP contribution < -0.4 is 5.32 Å². The summed E-state index contributed by atoms with van der Waals surface area (Å²) in [6.45, 7) is 1.85. The lowest BCUT2D eigenvalue weighted by molar-refractivity contribution is -0.145. The Bertz CT molecular complexity index is 529. The topological polar surface area (TPSA) is 64.6 Å². The lowest BCUT2D eigenvalue weighted by Crippen LogP contribution is -2.44. The minimum Gasteiger partial charge on any atom is -0.467 e. The molecule has 0 aliphatic carbocycles. The number of esters is 1. The second kappa shape index (κ2) is 8.52. The molecular weight excluding hydrogens is 315 g/mol. The van der Waals surface area contributed by atoms with Crippen molar-refractivity contribution in [3.8, 4) is 0 Å². The summed E-state index contributed by atoms with van der Waals surface area (Å²) in [5.74, 6) is -1.19. The van der Waals surface area contributed by atoms with Crippen LogP contribution in [-0.2, 0) is 31.7 Å². The monoisotopic (exact) mass is 333 g/mol. The predicted molar refractivity (Wildman–Crippen MR) is 75.6 cm³/mol. The van der Waals surface area contributed by atoms with E-state index in [1.165, 1.54) is 12.1 Å². The van der Waals surface area contributed by atoms with Crippen LogP contribution >= 0.6 is 0 Å². The Hall–Kier alpha value is -2.09. The lowest BCUT2D eigenvalue weighted by Gasteiger charge is -2.17. The standard InChI is InChI=1S/C15H18F3NO4/c1-3-23-9-13(20)19-12(14(21)22-2)8-10-4-6-11(7-5-10)15(16,17)18/h4-7,12H,3,8-9H2,1-2H3,(H,19,20)/t12-/m1/s1. The zero-order valence-corrected chi connectivity index (χ0v) is 12.8. The van der Waals surface area contributed by atoms with Gasteiger partial charge >= 0.3 is 12.1 Å². The molecule has 0 bridgehead atoms. The molecule has 1 N–H and O–H groups in total. The van der Waals surface area contributed by atoms with Gasteiger partial charge in [-0.2, -0.15) is 13.2 Å². The van der Waals surface area contributed by atoms with Crippen LogP contribution in [0.15, 0.2) is 24.3 Å². The van der Waals surface area contributed by atoms with Gasteiger partial charge in [0.1, 0.15) is 12.6 Å². The van der Waals surface area contributed by atoms with E-state index in [4.69, 9.17) is 4.74 Å². The molecule has 1 aromatic rings. The summed E-state index contributed by atoms with van der Waals surface area (Å²) in [5.41, 5.74) is -0.318. The highest BCUT2D eigenvalue weighted by Gasteiger charge is 2.30. The van der Waals surface area contributed by atoms with Crippen LogP contribution in [0, 0.1) is 0 Å². The first-order valence-electron chi connectivity index (χ1n) is 6.89. The Morgan fingerprint density at radius 1 is 1.22 bits per heavy atom. The van der Waals surface area contributed by atoms with Crippen molar-refractivity contribution in [1.29, 1.82) is 0 Å². The lowest BCUT2D eigenvalue weighted by atomic mass is 10.0. The van der Waals surface area contributed by atoms with Crippen molar-refractivity contribution in [2.75, 3.05) is 20.3 Å². The fraction of sp³-hybridized carbons (Fsp3) is 0.467. The van der Waals surface area contributed by atoms with Gasteiger partial charge < -0.3 is 14.8 Å². The molecule has 0 heterocycles. The van der Waals surface area contributed by atoms with Crippen LogP contribution in [0.2, 0.25) is 0 Å². The number of alkyl halides is 3. The van der Waals surface area contributed by atoms with Crippen molar-refractivity contribution in [2.45, 2.75) is 25.6 Å². The van der Waals surface area contributed by atoms with E-state index in [9.17, 15) is 22.8 Å². The fourth-order valence-corrected chi connectivity index (χ4v) is 1.83. The number of hydrogen-bond acceptors (Lipinski definition) is 4. The van der Waals surface area contributed by atoms with E-state index < -0.39 is 29.7 Å². The molecule has 1 atom stereocenters. The second-order valence-electron chi connectivity index (χ2n) is 4.68. The van der Waals surface area contributed by atoms with Crippen LogP contribution in [0.25, 0.3) is 0 Å². The maximum Gasteiger partial charge on any atom is 0.416 e. The molecule has 1 rings (SSSR count). The Labute approximate surface area is 131 Å². The normalized spacial score (nSPS) is 12.6. The summed E-state index contributed by atoms with van der Waals surface area (Å²) in [7, 11) is 1.16. The maximum absolute atomic E-state index is 12.5. The molecule has 0 saturated heterocycles. The van der Waals surface area contributed by atoms with E-state index in [0.717, 1.165) is 19.2 Å². The van der Waals surface area contributed by atoms with E-state index in [0.29, 0.717) is 12.2 Å². The molecule has 0 saturated carbocycles. The number of nitrogens with one attached hydrogen (secondary N) is 1. The summed E-state index contributed by atoms with van der Waals surface area (Å²) in [6.07, 6.45) is -4.41. The first-order valence-corrected chi connectivity index (χ1v) is 6.89. The molecule has 0 fully saturated rings. The first kappa shape index (κ1) is 19.0. The van der Waals surface area contributed by atoms with Gasteiger partial charge in [0.25, 0.3) is 0 Å². The molecular formula is C15H18F3NO4. The highest BCUT2D eigenvalue weighted by Crippen LogP contribution is 2.29. The first-order chi connectivity index (χ1) is 10.8. The van der Waals surface area contributed by atoms with Gasteiger partial charge in [0.15, 0.2) is 0 Å². The molecule has 1 aromatic carbocycles. The van der Waals surface area contributed by atoms with Crippen LogP contribution in [0.5, 0.6) is 0 Å². The van der Waals surface area contributed by atoms with Gasteiger partial charge in [-0.15, -0.1) is 0 Å². The summed E-state index contributed by atoms with van der Waals surface area (Å²) >= 11 is 0. The van der Waals surface area contributed by atoms with Crippen molar-refractivity contribution in [1.82, 2.24) is 5.32 Å². The highest BCUT2D eigenvalue weighted by molar-refractivity contribution is 5.85. The summed E-state index contributed by atoms with van der Waals surface area (Å²) < 4.78 is 47.0. The summed E-state index contributed by atoms with van der Waals surface area (Å²) in [6, 6.07) is 3.36. The highest BCUT2D eigenvalue weighted by atomic mass is 19.4. The van der Waals surface area contributed by atoms with Crippen molar-refractivity contribution in [3.63, 3.8) is 0 Å². The second-order valence-corrected chi connectivity index (χ2v) is 4.68. The van der Waals surface area contributed by atoms with E-state index in [1.54, 1.807) is 6.92 Å². The summed E-state index contributed by atoms with van der Waals surface area (Å²) in [4.78, 5) is 23.3. The van der Waals surface area contributed by atoms with Gasteiger partial charge in [-0.1, -0.05) is 12.1 Å². The summed E-state index contributed by atoms with van der Waals surface area (Å²) in [5, 5.41) is 2.44. The van der Waals surface area contributed by atoms with Crippen molar-refractivity contribution in [2.24, 2.45) is 0 Å². The smallest absolute Gasteiger partial charge is 0.416 e. The van der Waals surface area contributed by atoms with Gasteiger partial charge in [0, 0.05) is 13.0 Å². The molecule has 0 aromatic heterocycles. The van der Waals surface area contributed by atoms with E-state index in [-0.39, 0.29) is 13.0 Å². The zero-order valence-electron chi connectivity index (χ0n) is 12.8. The van der Waals surface area contributed by atoms with Crippen molar-refractivity contribution in [3.05, 3.63) is 35.4 Å². The third-order valence-corrected chi connectivity index (χ3v) is 2.98. The maximum atomic E-state index is 12.5. The SMILES string of the molecule is CCOCC(=O)N[C@H](Cc1ccc(C(F)(F)F)cc1)C(=O)OC. The van der Waals surface area contributed by atoms with Gasteiger partial charge in [-0.25, -0.2) is 4.79 Å². The minimum absolute atomic E-state index is 0.0165. The van der Waals surface area contributed by atoms with Crippen LogP contribution in [0.3, 0.4) is 0 Å². The number of amides is 1. The van der Waals surface area contributed by atoms with Crippen LogP contribution in [-0.4, -0.2) is 38.2 Å². The van der Waals surface area contributed by atoms with Gasteiger partial charge in [0.2, 0.25) is 5.91 Å². The molecule has 1 amide bonds. The number of benzene rings is 1. The minimum atomic E-state index is -4.42. The molecule has 0 radical (unpaired) electrons. The van der Waals surface area contributed by atoms with Crippen molar-refractivity contribution < 1.29 is 32.2 Å². The third kappa shape index (κ3) is 6.27. The van der Waals surface area contributed by atoms with E-state index in [1.807, 2.05) is 0 Å². The van der Waals surface area contributed by atoms with Gasteiger partial charge in [-0.05, 0) is 24.6 Å². The number of methoxy groups -OCH3 is 1. The van der Waals surface area contributed by atoms with Gasteiger partial charge in [0.05, 0.1) is 12.7 Å². The Balaban J connectivity index is 2.77. The molecule has 23 heavy (non-hydrogen) atoms. The third-order valence-electron chi connectivity index (χ3n) is 2.98. The number of rotatable bonds is 7. The Kier molecular flexibility index (Phi) is 7.02. The molecule has 128 valence electrons. The van der Waals surface area contributed by atoms with Crippen LogP contribution in [0.4, 0.5) is 13.2 Å². The largest absolute Gasteiger partial charge is 0.467 e. The Morgan fingerprint density at radius 2 is 1.83 bits per heavy atom. The van der Waals surface area contributed by atoms with Gasteiger partial charge in [-0.3, -0.25) is 4.79 Å². The molecule has 0 aliphatic heterocycles. The Morgan fingerprint density at radius 3 is 2.30 bits per heavy atom. The molecule has 0 unspecified atom stereocenters. The number of carbonyl (C=O) groups is 2. The van der Waals surface area contributed by atoms with E-state index >= 15 is 0 Å².